The molecular formula is C15H8ClNO4. The standard InChI is InChI=1S/C15H8ClNO4/c16-10-4-5-14-12(7-10)15(18)13(8-21-14)9-2-1-3-11(6-9)17(19)20/h1-8H. The average Bonchev–Trinajstić information content (AvgIpc) is 2.48. The molecule has 0 amide bonds. The Bertz CT molecular complexity index is 917. The first-order valence-corrected chi connectivity index (χ1v) is 6.40. The van der Waals surface area contributed by atoms with Gasteiger partial charge in [-0.2, -0.15) is 0 Å². The van der Waals surface area contributed by atoms with Crippen LogP contribution in [0.3, 0.4) is 0 Å². The van der Waals surface area contributed by atoms with Gasteiger partial charge in [-0.3, -0.25) is 14.9 Å². The van der Waals surface area contributed by atoms with Gasteiger partial charge in [-0.25, -0.2) is 0 Å². The number of halogens is 1. The smallest absolute Gasteiger partial charge is 0.270 e. The van der Waals surface area contributed by atoms with Crippen LogP contribution in [0.1, 0.15) is 0 Å². The van der Waals surface area contributed by atoms with E-state index in [1.807, 2.05) is 0 Å². The Kier molecular flexibility index (Phi) is 3.19. The summed E-state index contributed by atoms with van der Waals surface area (Å²) >= 11 is 5.89. The highest BCUT2D eigenvalue weighted by atomic mass is 35.5. The average molecular weight is 302 g/mol. The highest BCUT2D eigenvalue weighted by molar-refractivity contribution is 6.31. The third-order valence-corrected chi connectivity index (χ3v) is 3.34. The van der Waals surface area contributed by atoms with Gasteiger partial charge >= 0.3 is 0 Å². The molecule has 0 atom stereocenters. The fourth-order valence-corrected chi connectivity index (χ4v) is 2.26. The number of hydrogen-bond donors (Lipinski definition) is 0. The first-order valence-electron chi connectivity index (χ1n) is 6.02. The second-order valence-electron chi connectivity index (χ2n) is 4.43. The maximum absolute atomic E-state index is 12.5. The lowest BCUT2D eigenvalue weighted by Crippen LogP contribution is -2.04. The molecule has 5 nitrogen and oxygen atoms in total. The van der Waals surface area contributed by atoms with Crippen molar-refractivity contribution in [2.24, 2.45) is 0 Å². The number of nitro benzene ring substituents is 1. The van der Waals surface area contributed by atoms with Crippen molar-refractivity contribution < 1.29 is 9.34 Å². The molecule has 1 heterocycles. The molecule has 1 aromatic heterocycles. The van der Waals surface area contributed by atoms with Gasteiger partial charge in [-0.15, -0.1) is 0 Å². The molecule has 2 aromatic carbocycles. The van der Waals surface area contributed by atoms with Crippen LogP contribution in [-0.2, 0) is 0 Å². The number of rotatable bonds is 2. The summed E-state index contributed by atoms with van der Waals surface area (Å²) in [6, 6.07) is 10.6. The van der Waals surface area contributed by atoms with E-state index in [-0.39, 0.29) is 16.7 Å². The number of non-ortho nitro benzene ring substituents is 1. The van der Waals surface area contributed by atoms with Crippen molar-refractivity contribution in [1.29, 1.82) is 0 Å². The summed E-state index contributed by atoms with van der Waals surface area (Å²) in [4.78, 5) is 22.8. The minimum atomic E-state index is -0.511. The Morgan fingerprint density at radius 1 is 1.14 bits per heavy atom. The molecule has 0 unspecified atom stereocenters. The lowest BCUT2D eigenvalue weighted by Gasteiger charge is -2.03. The number of nitrogens with zero attached hydrogens (tertiary/aromatic N) is 1. The highest BCUT2D eigenvalue weighted by Gasteiger charge is 2.12. The maximum atomic E-state index is 12.5. The van der Waals surface area contributed by atoms with E-state index in [4.69, 9.17) is 16.0 Å². The van der Waals surface area contributed by atoms with Crippen molar-refractivity contribution in [3.63, 3.8) is 0 Å². The zero-order valence-corrected chi connectivity index (χ0v) is 11.3. The van der Waals surface area contributed by atoms with E-state index in [1.54, 1.807) is 18.2 Å². The molecule has 3 aromatic rings. The van der Waals surface area contributed by atoms with Crippen molar-refractivity contribution in [3.8, 4) is 11.1 Å². The van der Waals surface area contributed by atoms with E-state index >= 15 is 0 Å². The fraction of sp³-hybridized carbons (Fsp3) is 0. The lowest BCUT2D eigenvalue weighted by atomic mass is 10.1. The zero-order chi connectivity index (χ0) is 15.0. The van der Waals surface area contributed by atoms with Gasteiger partial charge in [0, 0.05) is 17.2 Å². The quantitative estimate of drug-likeness (QED) is 0.529. The molecule has 0 bridgehead atoms. The summed E-state index contributed by atoms with van der Waals surface area (Å²) in [5.74, 6) is 0. The van der Waals surface area contributed by atoms with Gasteiger partial charge in [0.25, 0.3) is 5.69 Å². The molecule has 0 saturated heterocycles. The number of hydrogen-bond acceptors (Lipinski definition) is 4. The molecule has 21 heavy (non-hydrogen) atoms. The van der Waals surface area contributed by atoms with Crippen LogP contribution in [0.5, 0.6) is 0 Å². The molecule has 104 valence electrons. The Morgan fingerprint density at radius 2 is 1.95 bits per heavy atom. The molecule has 0 spiro atoms. The largest absolute Gasteiger partial charge is 0.463 e. The zero-order valence-electron chi connectivity index (χ0n) is 10.6. The molecule has 0 aliphatic heterocycles. The molecule has 6 heteroatoms. The minimum Gasteiger partial charge on any atom is -0.463 e. The molecular weight excluding hydrogens is 294 g/mol. The molecule has 0 aliphatic carbocycles. The van der Waals surface area contributed by atoms with Crippen LogP contribution in [0.25, 0.3) is 22.1 Å². The number of nitro groups is 1. The van der Waals surface area contributed by atoms with Crippen LogP contribution in [0.15, 0.2) is 57.9 Å². The molecule has 0 N–H and O–H groups in total. The van der Waals surface area contributed by atoms with Crippen molar-refractivity contribution in [2.75, 3.05) is 0 Å². The molecule has 0 fully saturated rings. The summed E-state index contributed by atoms with van der Waals surface area (Å²) < 4.78 is 5.40. The van der Waals surface area contributed by atoms with Gasteiger partial charge in [-0.1, -0.05) is 23.7 Å². The molecule has 3 rings (SSSR count). The van der Waals surface area contributed by atoms with Gasteiger partial charge in [0.05, 0.1) is 15.9 Å². The third kappa shape index (κ3) is 2.39. The van der Waals surface area contributed by atoms with Gasteiger partial charge in [0.1, 0.15) is 11.8 Å². The van der Waals surface area contributed by atoms with E-state index in [9.17, 15) is 14.9 Å². The highest BCUT2D eigenvalue weighted by Crippen LogP contribution is 2.24. The SMILES string of the molecule is O=c1c(-c2cccc([N+](=O)[O-])c2)coc2ccc(Cl)cc12. The molecule has 0 aliphatic rings. The predicted octanol–water partition coefficient (Wildman–Crippen LogP) is 4.02. The van der Waals surface area contributed by atoms with Crippen molar-refractivity contribution in [2.45, 2.75) is 0 Å². The fourth-order valence-electron chi connectivity index (χ4n) is 2.09. The van der Waals surface area contributed by atoms with Crippen LogP contribution < -0.4 is 5.43 Å². The van der Waals surface area contributed by atoms with E-state index in [1.165, 1.54) is 30.5 Å². The summed E-state index contributed by atoms with van der Waals surface area (Å²) in [5.41, 5.74) is 0.740. The van der Waals surface area contributed by atoms with Crippen LogP contribution in [0, 0.1) is 10.1 Å². The van der Waals surface area contributed by atoms with Crippen molar-refractivity contribution in [3.05, 3.63) is 74.1 Å². The number of fused-ring (bicyclic) bond motifs is 1. The van der Waals surface area contributed by atoms with Gasteiger partial charge in [0.2, 0.25) is 5.43 Å². The topological polar surface area (TPSA) is 73.3 Å². The van der Waals surface area contributed by atoms with E-state index < -0.39 is 4.92 Å². The van der Waals surface area contributed by atoms with Gasteiger partial charge in [-0.05, 0) is 23.8 Å². The van der Waals surface area contributed by atoms with Gasteiger partial charge < -0.3 is 4.42 Å². The van der Waals surface area contributed by atoms with Crippen molar-refractivity contribution >= 4 is 28.3 Å². The second-order valence-corrected chi connectivity index (χ2v) is 4.86. The summed E-state index contributed by atoms with van der Waals surface area (Å²) in [5, 5.41) is 11.6. The number of benzene rings is 2. The Hall–Kier alpha value is -2.66. The van der Waals surface area contributed by atoms with Crippen LogP contribution >= 0.6 is 11.6 Å². The van der Waals surface area contributed by atoms with E-state index in [2.05, 4.69) is 0 Å². The van der Waals surface area contributed by atoms with E-state index in [0.717, 1.165) is 0 Å². The maximum Gasteiger partial charge on any atom is 0.270 e. The van der Waals surface area contributed by atoms with E-state index in [0.29, 0.717) is 21.6 Å². The van der Waals surface area contributed by atoms with Crippen LogP contribution in [0.2, 0.25) is 5.02 Å². The third-order valence-electron chi connectivity index (χ3n) is 3.10. The summed E-state index contributed by atoms with van der Waals surface area (Å²) in [7, 11) is 0. The Labute approximate surface area is 123 Å². The molecule has 0 radical (unpaired) electrons. The minimum absolute atomic E-state index is 0.0851. The second kappa shape index (κ2) is 5.03. The summed E-state index contributed by atoms with van der Waals surface area (Å²) in [6.45, 7) is 0. The first-order chi connectivity index (χ1) is 10.1. The first kappa shape index (κ1) is 13.3. The summed E-state index contributed by atoms with van der Waals surface area (Å²) in [6.07, 6.45) is 1.30. The molecule has 0 saturated carbocycles. The Balaban J connectivity index is 2.26. The van der Waals surface area contributed by atoms with Crippen LogP contribution in [0.4, 0.5) is 5.69 Å². The normalized spacial score (nSPS) is 10.7. The monoisotopic (exact) mass is 301 g/mol. The van der Waals surface area contributed by atoms with Crippen molar-refractivity contribution in [1.82, 2.24) is 0 Å². The Morgan fingerprint density at radius 3 is 2.71 bits per heavy atom. The predicted molar refractivity (Wildman–Crippen MR) is 79.6 cm³/mol. The van der Waals surface area contributed by atoms with Gasteiger partial charge in [0.15, 0.2) is 0 Å². The van der Waals surface area contributed by atoms with Crippen LogP contribution in [-0.4, -0.2) is 4.92 Å². The lowest BCUT2D eigenvalue weighted by molar-refractivity contribution is -0.384.